The lowest BCUT2D eigenvalue weighted by Crippen LogP contribution is -2.32. The molecule has 2 N–H and O–H groups in total. The summed E-state index contributed by atoms with van der Waals surface area (Å²) in [5, 5.41) is 20.6. The number of benzene rings is 2. The molecule has 0 radical (unpaired) electrons. The van der Waals surface area contributed by atoms with Gasteiger partial charge in [-0.2, -0.15) is 0 Å². The van der Waals surface area contributed by atoms with E-state index in [0.29, 0.717) is 19.4 Å². The summed E-state index contributed by atoms with van der Waals surface area (Å²) < 4.78 is 7.71. The molecule has 1 fully saturated rings. The largest absolute Gasteiger partial charge is 0.494 e. The molecule has 1 heterocycles. The van der Waals surface area contributed by atoms with Crippen LogP contribution in [0.5, 0.6) is 5.75 Å². The van der Waals surface area contributed by atoms with Crippen LogP contribution in [0, 0.1) is 5.92 Å². The topological polar surface area (TPSA) is 106 Å². The zero-order valence-corrected chi connectivity index (χ0v) is 22.2. The predicted octanol–water partition coefficient (Wildman–Crippen LogP) is 4.98. The molecule has 1 spiro atoms. The molecule has 0 aliphatic heterocycles. The normalized spacial score (nSPS) is 21.2. The minimum atomic E-state index is -0.663. The van der Waals surface area contributed by atoms with Gasteiger partial charge in [0.15, 0.2) is 0 Å². The van der Waals surface area contributed by atoms with Gasteiger partial charge in [0.05, 0.1) is 24.8 Å². The van der Waals surface area contributed by atoms with Gasteiger partial charge in [-0.25, -0.2) is 0 Å². The van der Waals surface area contributed by atoms with Crippen molar-refractivity contribution >= 4 is 11.9 Å². The summed E-state index contributed by atoms with van der Waals surface area (Å²) in [5.74, 6) is -0.0432. The molecule has 1 atom stereocenters. The zero-order valence-electron chi connectivity index (χ0n) is 22.2. The molecule has 38 heavy (non-hydrogen) atoms. The van der Waals surface area contributed by atoms with Crippen molar-refractivity contribution in [3.8, 4) is 17.0 Å². The first-order valence-corrected chi connectivity index (χ1v) is 13.6. The molecule has 8 nitrogen and oxygen atoms in total. The monoisotopic (exact) mass is 516 g/mol. The van der Waals surface area contributed by atoms with E-state index in [-0.39, 0.29) is 23.3 Å². The van der Waals surface area contributed by atoms with Crippen molar-refractivity contribution in [3.63, 3.8) is 0 Å². The zero-order chi connectivity index (χ0) is 26.7. The van der Waals surface area contributed by atoms with Crippen molar-refractivity contribution < 1.29 is 19.4 Å². The van der Waals surface area contributed by atoms with E-state index >= 15 is 0 Å². The number of aryl methyl sites for hydroxylation is 2. The third-order valence-corrected chi connectivity index (χ3v) is 8.30. The number of fused-ring (bicyclic) bond motifs is 2. The lowest BCUT2D eigenvalue weighted by molar-refractivity contribution is -0.143. The number of nitrogens with zero attached hydrogens (tertiary/aromatic N) is 3. The van der Waals surface area contributed by atoms with Crippen molar-refractivity contribution in [2.45, 2.75) is 69.7 Å². The van der Waals surface area contributed by atoms with Crippen LogP contribution in [0.15, 0.2) is 48.7 Å². The molecule has 1 amide bonds. The molecule has 2 aliphatic carbocycles. The molecule has 1 saturated carbocycles. The summed E-state index contributed by atoms with van der Waals surface area (Å²) in [6.45, 7) is 2.45. The number of carboxylic acids is 1. The lowest BCUT2D eigenvalue weighted by Gasteiger charge is -2.37. The molecular formula is C30H36N4O4. The molecule has 8 heteroatoms. The first-order valence-electron chi connectivity index (χ1n) is 13.6. The van der Waals surface area contributed by atoms with Gasteiger partial charge in [-0.15, -0.1) is 5.10 Å². The van der Waals surface area contributed by atoms with Crippen molar-refractivity contribution in [2.24, 2.45) is 13.0 Å². The molecule has 2 aliphatic rings. The number of carbonyl (C=O) groups is 2. The van der Waals surface area contributed by atoms with Gasteiger partial charge in [0, 0.05) is 19.0 Å². The number of nitrogens with one attached hydrogen (secondary N) is 1. The maximum atomic E-state index is 12.6. The van der Waals surface area contributed by atoms with Crippen LogP contribution in [0.1, 0.15) is 74.6 Å². The molecule has 200 valence electrons. The summed E-state index contributed by atoms with van der Waals surface area (Å²) in [6.07, 6.45) is 8.38. The van der Waals surface area contributed by atoms with Crippen LogP contribution in [0.4, 0.5) is 0 Å². The molecule has 0 bridgehead atoms. The Morgan fingerprint density at radius 1 is 1.18 bits per heavy atom. The number of hydrogen-bond donors (Lipinski definition) is 2. The highest BCUT2D eigenvalue weighted by Gasteiger charge is 2.43. The van der Waals surface area contributed by atoms with Crippen LogP contribution in [0.2, 0.25) is 0 Å². The van der Waals surface area contributed by atoms with Gasteiger partial charge in [0.2, 0.25) is 5.91 Å². The van der Waals surface area contributed by atoms with Gasteiger partial charge in [-0.05, 0) is 92.2 Å². The van der Waals surface area contributed by atoms with Crippen LogP contribution in [-0.2, 0) is 28.5 Å². The number of ether oxygens (including phenoxy) is 1. The second-order valence-corrected chi connectivity index (χ2v) is 10.9. The molecule has 0 saturated heterocycles. The fourth-order valence-electron chi connectivity index (χ4n) is 6.07. The Hall–Kier alpha value is -3.68. The van der Waals surface area contributed by atoms with Crippen molar-refractivity contribution in [1.29, 1.82) is 0 Å². The molecule has 2 aromatic carbocycles. The Labute approximate surface area is 223 Å². The Kier molecular flexibility index (Phi) is 7.49. The molecule has 1 aromatic heterocycles. The Morgan fingerprint density at radius 2 is 2.00 bits per heavy atom. The summed E-state index contributed by atoms with van der Waals surface area (Å²) in [4.78, 5) is 24.0. The second kappa shape index (κ2) is 11.0. The predicted molar refractivity (Wildman–Crippen MR) is 144 cm³/mol. The van der Waals surface area contributed by atoms with Crippen LogP contribution >= 0.6 is 0 Å². The van der Waals surface area contributed by atoms with Gasteiger partial charge in [0.1, 0.15) is 11.4 Å². The van der Waals surface area contributed by atoms with Crippen LogP contribution < -0.4 is 10.1 Å². The molecular weight excluding hydrogens is 480 g/mol. The number of aliphatic carboxylic acids is 1. The summed E-state index contributed by atoms with van der Waals surface area (Å²) in [7, 11) is 1.84. The van der Waals surface area contributed by atoms with Crippen LogP contribution in [-0.4, -0.2) is 38.6 Å². The molecule has 5 rings (SSSR count). The minimum Gasteiger partial charge on any atom is -0.494 e. The van der Waals surface area contributed by atoms with Crippen molar-refractivity contribution in [3.05, 3.63) is 65.4 Å². The smallest absolute Gasteiger partial charge is 0.306 e. The summed E-state index contributed by atoms with van der Waals surface area (Å²) in [6, 6.07) is 14.2. The number of carbonyl (C=O) groups excluding carboxylic acids is 1. The Balaban J connectivity index is 1.10. The third-order valence-electron chi connectivity index (χ3n) is 8.30. The van der Waals surface area contributed by atoms with Crippen LogP contribution in [0.25, 0.3) is 11.3 Å². The van der Waals surface area contributed by atoms with E-state index in [9.17, 15) is 14.7 Å². The Bertz CT molecular complexity index is 1310. The standard InChI is InChI=1S/C30H36N4O4/c1-20(23-5-3-6-24(17-23)27-19-34(2)33-32-27)31-28(35)7-4-16-38-25-9-8-21-10-13-30(26(21)18-25)14-11-22(12-15-30)29(36)37/h3,5-6,8-9,17-20,22H,4,7,10-16H2,1-2H3,(H,31,35)(H,36,37)/t20-,22?,30?/m1/s1. The quantitative estimate of drug-likeness (QED) is 0.389. The van der Waals surface area contributed by atoms with Gasteiger partial charge in [0.25, 0.3) is 0 Å². The number of aromatic nitrogens is 3. The number of rotatable bonds is 9. The summed E-state index contributed by atoms with van der Waals surface area (Å²) in [5.41, 5.74) is 5.59. The first kappa shape index (κ1) is 25.9. The van der Waals surface area contributed by atoms with Crippen molar-refractivity contribution in [2.75, 3.05) is 6.61 Å². The average Bonchev–Trinajstić information content (AvgIpc) is 3.51. The van der Waals surface area contributed by atoms with E-state index in [4.69, 9.17) is 4.74 Å². The molecule has 0 unspecified atom stereocenters. The fourth-order valence-corrected chi connectivity index (χ4v) is 6.07. The third kappa shape index (κ3) is 5.59. The van der Waals surface area contributed by atoms with E-state index < -0.39 is 5.97 Å². The van der Waals surface area contributed by atoms with E-state index in [0.717, 1.165) is 61.1 Å². The minimum absolute atomic E-state index is 0.00546. The van der Waals surface area contributed by atoms with E-state index in [1.165, 1.54) is 11.1 Å². The number of amides is 1. The van der Waals surface area contributed by atoms with E-state index in [1.807, 2.05) is 50.5 Å². The lowest BCUT2D eigenvalue weighted by atomic mass is 9.67. The van der Waals surface area contributed by atoms with Gasteiger partial charge in [-0.1, -0.05) is 29.5 Å². The highest BCUT2D eigenvalue weighted by molar-refractivity contribution is 5.76. The first-order chi connectivity index (χ1) is 18.3. The van der Waals surface area contributed by atoms with E-state index in [2.05, 4.69) is 27.8 Å². The van der Waals surface area contributed by atoms with Gasteiger partial charge >= 0.3 is 5.97 Å². The average molecular weight is 517 g/mol. The summed E-state index contributed by atoms with van der Waals surface area (Å²) >= 11 is 0. The fraction of sp³-hybridized carbons (Fsp3) is 0.467. The van der Waals surface area contributed by atoms with Crippen molar-refractivity contribution in [1.82, 2.24) is 20.3 Å². The second-order valence-electron chi connectivity index (χ2n) is 10.9. The maximum absolute atomic E-state index is 12.6. The van der Waals surface area contributed by atoms with Crippen LogP contribution in [0.3, 0.4) is 0 Å². The van der Waals surface area contributed by atoms with Gasteiger partial charge in [-0.3, -0.25) is 14.3 Å². The maximum Gasteiger partial charge on any atom is 0.306 e. The number of hydrogen-bond acceptors (Lipinski definition) is 5. The van der Waals surface area contributed by atoms with E-state index in [1.54, 1.807) is 4.68 Å². The number of carboxylic acid groups (broad SMARTS) is 1. The molecule has 3 aromatic rings. The highest BCUT2D eigenvalue weighted by Crippen LogP contribution is 2.50. The van der Waals surface area contributed by atoms with Gasteiger partial charge < -0.3 is 15.2 Å². The Morgan fingerprint density at radius 3 is 2.74 bits per heavy atom. The SMILES string of the molecule is C[C@@H](NC(=O)CCCOc1ccc2c(c1)C1(CC2)CCC(C(=O)O)CC1)c1cccc(-c2cn(C)nn2)c1. The highest BCUT2D eigenvalue weighted by atomic mass is 16.5.